The Hall–Kier alpha value is -1.64. The summed E-state index contributed by atoms with van der Waals surface area (Å²) in [5.41, 5.74) is 1.17. The third kappa shape index (κ3) is 4.19. The number of hydrogen-bond acceptors (Lipinski definition) is 3. The molecule has 0 saturated heterocycles. The Morgan fingerprint density at radius 3 is 2.26 bits per heavy atom. The Bertz CT molecular complexity index is 411. The van der Waals surface area contributed by atoms with Crippen LogP contribution in [0.15, 0.2) is 24.5 Å². The molecule has 0 aliphatic carbocycles. The first-order valence-corrected chi connectivity index (χ1v) is 6.97. The van der Waals surface area contributed by atoms with Crippen molar-refractivity contribution in [2.75, 3.05) is 13.2 Å². The first-order chi connectivity index (χ1) is 9.28. The Kier molecular flexibility index (Phi) is 6.86. The van der Waals surface area contributed by atoms with E-state index in [1.807, 2.05) is 32.9 Å². The van der Waals surface area contributed by atoms with Crippen molar-refractivity contribution in [3.8, 4) is 17.2 Å². The maximum absolute atomic E-state index is 5.76. The molecule has 0 aliphatic rings. The molecule has 0 heterocycles. The molecule has 0 N–H and O–H groups in total. The van der Waals surface area contributed by atoms with Gasteiger partial charge >= 0.3 is 0 Å². The smallest absolute Gasteiger partial charge is 0.204 e. The molecule has 3 nitrogen and oxygen atoms in total. The number of aryl methyl sites for hydroxylation is 1. The molecule has 19 heavy (non-hydrogen) atoms. The second-order valence-corrected chi connectivity index (χ2v) is 4.08. The van der Waals surface area contributed by atoms with Crippen LogP contribution in [0.2, 0.25) is 0 Å². The van der Waals surface area contributed by atoms with Gasteiger partial charge in [0.1, 0.15) is 0 Å². The molecule has 0 amide bonds. The Morgan fingerprint density at radius 2 is 1.68 bits per heavy atom. The van der Waals surface area contributed by atoms with Crippen LogP contribution in [-0.4, -0.2) is 13.2 Å². The lowest BCUT2D eigenvalue weighted by Crippen LogP contribution is -2.03. The number of rotatable bonds is 8. The average molecular weight is 264 g/mol. The van der Waals surface area contributed by atoms with E-state index >= 15 is 0 Å². The Balaban J connectivity index is 3.21. The molecule has 1 aromatic carbocycles. The summed E-state index contributed by atoms with van der Waals surface area (Å²) in [6, 6.07) is 3.99. The zero-order chi connectivity index (χ0) is 14.1. The van der Waals surface area contributed by atoms with Crippen molar-refractivity contribution in [2.45, 2.75) is 40.5 Å². The largest absolute Gasteiger partial charge is 0.490 e. The van der Waals surface area contributed by atoms with Crippen LogP contribution in [-0.2, 0) is 6.42 Å². The van der Waals surface area contributed by atoms with E-state index in [1.165, 1.54) is 5.56 Å². The lowest BCUT2D eigenvalue weighted by Gasteiger charge is -2.17. The zero-order valence-electron chi connectivity index (χ0n) is 12.4. The molecule has 0 aliphatic heterocycles. The summed E-state index contributed by atoms with van der Waals surface area (Å²) in [5.74, 6) is 2.21. The Labute approximate surface area is 116 Å². The van der Waals surface area contributed by atoms with E-state index in [2.05, 4.69) is 13.0 Å². The molecule has 0 bridgehead atoms. The van der Waals surface area contributed by atoms with Crippen LogP contribution in [0.3, 0.4) is 0 Å². The van der Waals surface area contributed by atoms with E-state index in [1.54, 1.807) is 6.26 Å². The molecule has 106 valence electrons. The van der Waals surface area contributed by atoms with E-state index in [0.29, 0.717) is 24.7 Å². The lowest BCUT2D eigenvalue weighted by molar-refractivity contribution is 0.274. The van der Waals surface area contributed by atoms with Crippen LogP contribution in [0, 0.1) is 0 Å². The van der Waals surface area contributed by atoms with Gasteiger partial charge in [-0.2, -0.15) is 0 Å². The molecule has 0 unspecified atom stereocenters. The van der Waals surface area contributed by atoms with Gasteiger partial charge in [0.25, 0.3) is 0 Å². The molecule has 0 atom stereocenters. The van der Waals surface area contributed by atoms with Gasteiger partial charge in [-0.1, -0.05) is 25.5 Å². The van der Waals surface area contributed by atoms with Crippen molar-refractivity contribution in [3.63, 3.8) is 0 Å². The fourth-order valence-corrected chi connectivity index (χ4v) is 1.87. The van der Waals surface area contributed by atoms with Gasteiger partial charge in [0.05, 0.1) is 19.5 Å². The summed E-state index contributed by atoms with van der Waals surface area (Å²) >= 11 is 0. The van der Waals surface area contributed by atoms with Crippen LogP contribution in [0.25, 0.3) is 0 Å². The molecule has 1 aromatic rings. The van der Waals surface area contributed by atoms with Crippen molar-refractivity contribution in [3.05, 3.63) is 30.0 Å². The minimum atomic E-state index is 0.585. The second kappa shape index (κ2) is 8.46. The Morgan fingerprint density at radius 1 is 1.00 bits per heavy atom. The zero-order valence-corrected chi connectivity index (χ0v) is 12.4. The van der Waals surface area contributed by atoms with E-state index in [-0.39, 0.29) is 0 Å². The summed E-state index contributed by atoms with van der Waals surface area (Å²) in [4.78, 5) is 0. The van der Waals surface area contributed by atoms with Crippen LogP contribution < -0.4 is 14.2 Å². The van der Waals surface area contributed by atoms with Gasteiger partial charge in [-0.15, -0.1) is 0 Å². The van der Waals surface area contributed by atoms with Crippen LogP contribution in [0.1, 0.15) is 39.7 Å². The summed E-state index contributed by atoms with van der Waals surface area (Å²) in [7, 11) is 0. The SMILES string of the molecule is CC=COc1ccc(CCC)c(OCC)c1OCC. The van der Waals surface area contributed by atoms with Gasteiger partial charge in [-0.05, 0) is 38.8 Å². The number of allylic oxidation sites excluding steroid dienone is 1. The van der Waals surface area contributed by atoms with Crippen molar-refractivity contribution in [1.29, 1.82) is 0 Å². The summed E-state index contributed by atoms with van der Waals surface area (Å²) < 4.78 is 17.1. The van der Waals surface area contributed by atoms with Crippen molar-refractivity contribution in [2.24, 2.45) is 0 Å². The minimum absolute atomic E-state index is 0.585. The second-order valence-electron chi connectivity index (χ2n) is 4.08. The molecular weight excluding hydrogens is 240 g/mol. The maximum atomic E-state index is 5.76. The van der Waals surface area contributed by atoms with Crippen LogP contribution >= 0.6 is 0 Å². The molecule has 0 saturated carbocycles. The molecule has 0 fully saturated rings. The molecule has 0 spiro atoms. The van der Waals surface area contributed by atoms with Gasteiger partial charge in [-0.25, -0.2) is 0 Å². The predicted octanol–water partition coefficient (Wildman–Crippen LogP) is 4.35. The van der Waals surface area contributed by atoms with E-state index in [0.717, 1.165) is 18.6 Å². The highest BCUT2D eigenvalue weighted by Gasteiger charge is 2.16. The highest BCUT2D eigenvalue weighted by molar-refractivity contribution is 5.56. The molecule has 0 radical (unpaired) electrons. The fourth-order valence-electron chi connectivity index (χ4n) is 1.87. The fraction of sp³-hybridized carbons (Fsp3) is 0.500. The van der Waals surface area contributed by atoms with Crippen molar-refractivity contribution >= 4 is 0 Å². The minimum Gasteiger partial charge on any atom is -0.490 e. The first-order valence-electron chi connectivity index (χ1n) is 6.97. The van der Waals surface area contributed by atoms with E-state index in [9.17, 15) is 0 Å². The maximum Gasteiger partial charge on any atom is 0.204 e. The van der Waals surface area contributed by atoms with Crippen molar-refractivity contribution < 1.29 is 14.2 Å². The summed E-state index contributed by atoms with van der Waals surface area (Å²) in [6.45, 7) is 9.20. The molecule has 1 rings (SSSR count). The number of ether oxygens (including phenoxy) is 3. The lowest BCUT2D eigenvalue weighted by atomic mass is 10.1. The first kappa shape index (κ1) is 15.4. The van der Waals surface area contributed by atoms with Gasteiger partial charge in [0.2, 0.25) is 5.75 Å². The topological polar surface area (TPSA) is 27.7 Å². The third-order valence-corrected chi connectivity index (χ3v) is 2.59. The van der Waals surface area contributed by atoms with E-state index in [4.69, 9.17) is 14.2 Å². The van der Waals surface area contributed by atoms with Gasteiger partial charge in [0, 0.05) is 0 Å². The third-order valence-electron chi connectivity index (χ3n) is 2.59. The number of benzene rings is 1. The summed E-state index contributed by atoms with van der Waals surface area (Å²) in [5, 5.41) is 0. The normalized spacial score (nSPS) is 10.7. The molecule has 3 heteroatoms. The quantitative estimate of drug-likeness (QED) is 0.653. The van der Waals surface area contributed by atoms with Gasteiger partial charge in [-0.3, -0.25) is 0 Å². The van der Waals surface area contributed by atoms with Gasteiger partial charge < -0.3 is 14.2 Å². The number of hydrogen-bond donors (Lipinski definition) is 0. The molecule has 0 aromatic heterocycles. The monoisotopic (exact) mass is 264 g/mol. The van der Waals surface area contributed by atoms with Gasteiger partial charge in [0.15, 0.2) is 11.5 Å². The predicted molar refractivity (Wildman–Crippen MR) is 78.2 cm³/mol. The molecular formula is C16H24O3. The average Bonchev–Trinajstić information content (AvgIpc) is 2.42. The van der Waals surface area contributed by atoms with Crippen LogP contribution in [0.4, 0.5) is 0 Å². The highest BCUT2D eigenvalue weighted by Crippen LogP contribution is 2.41. The summed E-state index contributed by atoms with van der Waals surface area (Å²) in [6.07, 6.45) is 5.53. The van der Waals surface area contributed by atoms with Crippen LogP contribution in [0.5, 0.6) is 17.2 Å². The van der Waals surface area contributed by atoms with Crippen molar-refractivity contribution in [1.82, 2.24) is 0 Å². The highest BCUT2D eigenvalue weighted by atomic mass is 16.5. The van der Waals surface area contributed by atoms with E-state index < -0.39 is 0 Å². The standard InChI is InChI=1S/C16H24O3/c1-5-9-13-10-11-14(19-12-6-2)16(18-8-4)15(13)17-7-3/h6,10-12H,5,7-9H2,1-4H3.